The van der Waals surface area contributed by atoms with Gasteiger partial charge in [0.05, 0.1) is 0 Å². The van der Waals surface area contributed by atoms with Crippen LogP contribution in [0.4, 0.5) is 4.79 Å². The minimum Gasteiger partial charge on any atom is -0.481 e. The summed E-state index contributed by atoms with van der Waals surface area (Å²) in [5.41, 5.74) is 0. The van der Waals surface area contributed by atoms with Crippen LogP contribution >= 0.6 is 0 Å². The van der Waals surface area contributed by atoms with Gasteiger partial charge in [0.25, 0.3) is 0 Å². The second-order valence-corrected chi connectivity index (χ2v) is 5.13. The van der Waals surface area contributed by atoms with E-state index in [2.05, 4.69) is 10.3 Å². The summed E-state index contributed by atoms with van der Waals surface area (Å²) >= 11 is 0. The van der Waals surface area contributed by atoms with E-state index in [4.69, 9.17) is 5.11 Å². The van der Waals surface area contributed by atoms with Gasteiger partial charge in [0.15, 0.2) is 0 Å². The molecule has 0 saturated carbocycles. The highest BCUT2D eigenvalue weighted by Gasteiger charge is 2.27. The summed E-state index contributed by atoms with van der Waals surface area (Å²) in [6.45, 7) is 1.69. The van der Waals surface area contributed by atoms with Gasteiger partial charge in [-0.25, -0.2) is 9.78 Å². The molecule has 0 bridgehead atoms. The number of nitrogens with one attached hydrogen (secondary N) is 1. The minimum atomic E-state index is -0.799. The fourth-order valence-electron chi connectivity index (χ4n) is 2.46. The molecule has 7 heteroatoms. The molecule has 1 aliphatic rings. The SMILES string of the molecule is Cn1ccnc1CCNC(=O)N1CCC(CC(=O)O)C1. The average molecular weight is 280 g/mol. The fourth-order valence-corrected chi connectivity index (χ4v) is 2.46. The maximum Gasteiger partial charge on any atom is 0.317 e. The van der Waals surface area contributed by atoms with Gasteiger partial charge in [-0.3, -0.25) is 4.79 Å². The van der Waals surface area contributed by atoms with Crippen LogP contribution in [0.3, 0.4) is 0 Å². The van der Waals surface area contributed by atoms with Crippen molar-refractivity contribution in [1.82, 2.24) is 19.8 Å². The lowest BCUT2D eigenvalue weighted by Gasteiger charge is -2.17. The number of likely N-dealkylation sites (tertiary alicyclic amines) is 1. The maximum atomic E-state index is 11.9. The van der Waals surface area contributed by atoms with Crippen molar-refractivity contribution in [3.63, 3.8) is 0 Å². The molecule has 2 N–H and O–H groups in total. The number of aliphatic carboxylic acids is 1. The molecule has 20 heavy (non-hydrogen) atoms. The standard InChI is InChI=1S/C13H20N4O3/c1-16-7-5-14-11(16)2-4-15-13(20)17-6-3-10(9-17)8-12(18)19/h5,7,10H,2-4,6,8-9H2,1H3,(H,15,20)(H,18,19). The van der Waals surface area contributed by atoms with E-state index in [0.717, 1.165) is 12.2 Å². The van der Waals surface area contributed by atoms with Crippen molar-refractivity contribution < 1.29 is 14.7 Å². The predicted octanol–water partition coefficient (Wildman–Crippen LogP) is 0.469. The minimum absolute atomic E-state index is 0.0767. The molecule has 2 rings (SSSR count). The van der Waals surface area contributed by atoms with Gasteiger partial charge >= 0.3 is 12.0 Å². The number of amides is 2. The van der Waals surface area contributed by atoms with Crippen molar-refractivity contribution in [1.29, 1.82) is 0 Å². The third kappa shape index (κ3) is 3.72. The molecule has 1 aliphatic heterocycles. The lowest BCUT2D eigenvalue weighted by molar-refractivity contribution is -0.138. The molecule has 1 aromatic heterocycles. The van der Waals surface area contributed by atoms with Crippen molar-refractivity contribution in [2.45, 2.75) is 19.3 Å². The van der Waals surface area contributed by atoms with Gasteiger partial charge in [0.1, 0.15) is 5.82 Å². The Balaban J connectivity index is 1.70. The van der Waals surface area contributed by atoms with Gasteiger partial charge in [-0.05, 0) is 12.3 Å². The summed E-state index contributed by atoms with van der Waals surface area (Å²) in [5, 5.41) is 11.6. The van der Waals surface area contributed by atoms with Crippen LogP contribution in [0.25, 0.3) is 0 Å². The molecule has 110 valence electrons. The monoisotopic (exact) mass is 280 g/mol. The van der Waals surface area contributed by atoms with E-state index in [1.807, 2.05) is 17.8 Å². The summed E-state index contributed by atoms with van der Waals surface area (Å²) in [5.74, 6) is 0.204. The topological polar surface area (TPSA) is 87.5 Å². The highest BCUT2D eigenvalue weighted by Crippen LogP contribution is 2.19. The van der Waals surface area contributed by atoms with Gasteiger partial charge < -0.3 is 19.9 Å². The molecule has 1 aromatic rings. The first-order valence-electron chi connectivity index (χ1n) is 6.77. The van der Waals surface area contributed by atoms with Crippen LogP contribution in [-0.2, 0) is 18.3 Å². The van der Waals surface area contributed by atoms with Gasteiger partial charge in [0.2, 0.25) is 0 Å². The van der Waals surface area contributed by atoms with E-state index >= 15 is 0 Å². The zero-order valence-electron chi connectivity index (χ0n) is 11.6. The number of hydrogen-bond acceptors (Lipinski definition) is 3. The van der Waals surface area contributed by atoms with Crippen LogP contribution in [0.15, 0.2) is 12.4 Å². The second kappa shape index (κ2) is 6.40. The van der Waals surface area contributed by atoms with E-state index in [-0.39, 0.29) is 18.4 Å². The van der Waals surface area contributed by atoms with E-state index in [9.17, 15) is 9.59 Å². The summed E-state index contributed by atoms with van der Waals surface area (Å²) in [7, 11) is 1.92. The highest BCUT2D eigenvalue weighted by molar-refractivity contribution is 5.74. The molecule has 0 aromatic carbocycles. The number of aryl methyl sites for hydroxylation is 1. The molecule has 1 fully saturated rings. The maximum absolute atomic E-state index is 11.9. The molecular weight excluding hydrogens is 260 g/mol. The Kier molecular flexibility index (Phi) is 4.60. The van der Waals surface area contributed by atoms with Crippen molar-refractivity contribution in [3.05, 3.63) is 18.2 Å². The van der Waals surface area contributed by atoms with Crippen LogP contribution in [0.2, 0.25) is 0 Å². The summed E-state index contributed by atoms with van der Waals surface area (Å²) < 4.78 is 1.92. The average Bonchev–Trinajstić information content (AvgIpc) is 2.98. The zero-order valence-corrected chi connectivity index (χ0v) is 11.6. The molecule has 0 radical (unpaired) electrons. The summed E-state index contributed by atoms with van der Waals surface area (Å²) in [4.78, 5) is 28.4. The van der Waals surface area contributed by atoms with Crippen LogP contribution in [0, 0.1) is 5.92 Å². The predicted molar refractivity (Wildman–Crippen MR) is 72.2 cm³/mol. The third-order valence-corrected chi connectivity index (χ3v) is 3.58. The molecule has 7 nitrogen and oxygen atoms in total. The van der Waals surface area contributed by atoms with Gasteiger partial charge in [-0.15, -0.1) is 0 Å². The quantitative estimate of drug-likeness (QED) is 0.820. The number of rotatable bonds is 5. The molecule has 1 saturated heterocycles. The van der Waals surface area contributed by atoms with E-state index in [1.165, 1.54) is 0 Å². The third-order valence-electron chi connectivity index (χ3n) is 3.58. The first-order chi connectivity index (χ1) is 9.56. The van der Waals surface area contributed by atoms with E-state index in [0.29, 0.717) is 26.1 Å². The summed E-state index contributed by atoms with van der Waals surface area (Å²) in [6.07, 6.45) is 5.18. The van der Waals surface area contributed by atoms with Crippen molar-refractivity contribution in [2.75, 3.05) is 19.6 Å². The molecule has 2 heterocycles. The molecule has 1 atom stereocenters. The number of carboxylic acids is 1. The van der Waals surface area contributed by atoms with Crippen LogP contribution in [-0.4, -0.2) is 51.2 Å². The first-order valence-corrected chi connectivity index (χ1v) is 6.77. The van der Waals surface area contributed by atoms with Crippen LogP contribution < -0.4 is 5.32 Å². The first kappa shape index (κ1) is 14.4. The van der Waals surface area contributed by atoms with Gasteiger partial charge in [0, 0.05) is 51.9 Å². The lowest BCUT2D eigenvalue weighted by Crippen LogP contribution is -2.39. The fraction of sp³-hybridized carbons (Fsp3) is 0.615. The smallest absolute Gasteiger partial charge is 0.317 e. The molecule has 2 amide bonds. The molecule has 0 aliphatic carbocycles. The number of nitrogens with zero attached hydrogens (tertiary/aromatic N) is 3. The van der Waals surface area contributed by atoms with Crippen molar-refractivity contribution in [2.24, 2.45) is 13.0 Å². The van der Waals surface area contributed by atoms with Crippen molar-refractivity contribution >= 4 is 12.0 Å². The second-order valence-electron chi connectivity index (χ2n) is 5.13. The highest BCUT2D eigenvalue weighted by atomic mass is 16.4. The Morgan fingerprint density at radius 3 is 3.00 bits per heavy atom. The van der Waals surface area contributed by atoms with E-state index < -0.39 is 5.97 Å². The molecular formula is C13H20N4O3. The largest absolute Gasteiger partial charge is 0.481 e. The number of aromatic nitrogens is 2. The van der Waals surface area contributed by atoms with Crippen LogP contribution in [0.1, 0.15) is 18.7 Å². The Labute approximate surface area is 117 Å². The Morgan fingerprint density at radius 2 is 2.35 bits per heavy atom. The number of imidazole rings is 1. The number of carbonyl (C=O) groups excluding carboxylic acids is 1. The van der Waals surface area contributed by atoms with E-state index in [1.54, 1.807) is 11.1 Å². The van der Waals surface area contributed by atoms with Gasteiger partial charge in [-0.1, -0.05) is 0 Å². The van der Waals surface area contributed by atoms with Crippen LogP contribution in [0.5, 0.6) is 0 Å². The van der Waals surface area contributed by atoms with Gasteiger partial charge in [-0.2, -0.15) is 0 Å². The summed E-state index contributed by atoms with van der Waals surface area (Å²) in [6, 6.07) is -0.118. The Bertz CT molecular complexity index is 486. The lowest BCUT2D eigenvalue weighted by atomic mass is 10.1. The normalized spacial score (nSPS) is 18.2. The number of hydrogen-bond donors (Lipinski definition) is 2. The zero-order chi connectivity index (χ0) is 14.5. The number of carboxylic acid groups (broad SMARTS) is 1. The molecule has 0 spiro atoms. The number of carbonyl (C=O) groups is 2. The Morgan fingerprint density at radius 1 is 1.55 bits per heavy atom. The molecule has 1 unspecified atom stereocenters. The van der Waals surface area contributed by atoms with Crippen molar-refractivity contribution in [3.8, 4) is 0 Å². The Hall–Kier alpha value is -2.05. The number of urea groups is 1.